The van der Waals surface area contributed by atoms with Crippen molar-refractivity contribution in [3.05, 3.63) is 47.2 Å². The number of nitrogens with zero attached hydrogens (tertiary/aromatic N) is 1. The molecule has 1 aromatic rings. The average Bonchev–Trinajstić information content (AvgIpc) is 3.12. The van der Waals surface area contributed by atoms with Crippen LogP contribution in [0.4, 0.5) is 0 Å². The van der Waals surface area contributed by atoms with E-state index in [-0.39, 0.29) is 17.9 Å². The predicted octanol–water partition coefficient (Wildman–Crippen LogP) is 2.70. The van der Waals surface area contributed by atoms with Crippen molar-refractivity contribution in [1.82, 2.24) is 15.5 Å². The molecule has 1 unspecified atom stereocenters. The number of hydrogen-bond acceptors (Lipinski definition) is 5. The third-order valence-electron chi connectivity index (χ3n) is 8.11. The van der Waals surface area contributed by atoms with Crippen molar-refractivity contribution in [3.63, 3.8) is 0 Å². The molecular weight excluding hydrogens is 450 g/mol. The number of sulfone groups is 1. The first-order chi connectivity index (χ1) is 16.3. The Labute approximate surface area is 202 Å². The Morgan fingerprint density at radius 1 is 1.06 bits per heavy atom. The Morgan fingerprint density at radius 2 is 1.82 bits per heavy atom. The van der Waals surface area contributed by atoms with Crippen molar-refractivity contribution in [2.75, 3.05) is 11.5 Å². The van der Waals surface area contributed by atoms with E-state index in [0.717, 1.165) is 30.5 Å². The number of carbonyl (C=O) groups excluding carboxylic acids is 2. The van der Waals surface area contributed by atoms with Gasteiger partial charge in [-0.05, 0) is 68.1 Å². The van der Waals surface area contributed by atoms with Crippen molar-refractivity contribution < 1.29 is 18.0 Å². The zero-order valence-electron chi connectivity index (χ0n) is 19.7. The van der Waals surface area contributed by atoms with E-state index < -0.39 is 15.9 Å². The van der Waals surface area contributed by atoms with Crippen LogP contribution < -0.4 is 10.6 Å². The van der Waals surface area contributed by atoms with E-state index in [2.05, 4.69) is 29.3 Å². The Bertz CT molecular complexity index is 1090. The standard InChI is InChI=1S/C26H35N3O4S/c1-17-6-9-24(25(30)27-17)29-16-20-15-18(7-8-22(20)26(29)31)14-19-4-2-3-5-23(19)28-21-10-12-34(32,33)13-11-21/h7-8,15,19,21,23-24,28H,1-6,9-14,16H2,(H,27,30)/t19-,23+,24?/m1/s1. The molecule has 0 bridgehead atoms. The van der Waals surface area contributed by atoms with E-state index in [1.807, 2.05) is 6.07 Å². The summed E-state index contributed by atoms with van der Waals surface area (Å²) in [7, 11) is -2.85. The maximum atomic E-state index is 13.0. The number of piperidine rings is 1. The van der Waals surface area contributed by atoms with E-state index in [1.54, 1.807) is 4.90 Å². The highest BCUT2D eigenvalue weighted by molar-refractivity contribution is 7.91. The summed E-state index contributed by atoms with van der Waals surface area (Å²) in [4.78, 5) is 27.2. The van der Waals surface area contributed by atoms with E-state index in [0.29, 0.717) is 61.3 Å². The SMILES string of the molecule is C=C1CCC(N2Cc3cc(C[C@H]4CCCC[C@@H]4NC4CCS(=O)(=O)CC4)ccc3C2=O)C(=O)N1. The lowest BCUT2D eigenvalue weighted by molar-refractivity contribution is -0.126. The zero-order chi connectivity index (χ0) is 23.9. The van der Waals surface area contributed by atoms with Crippen molar-refractivity contribution in [3.8, 4) is 0 Å². The molecule has 0 spiro atoms. The minimum absolute atomic E-state index is 0.0568. The molecule has 3 aliphatic heterocycles. The fourth-order valence-electron chi connectivity index (χ4n) is 6.17. The van der Waals surface area contributed by atoms with Crippen LogP contribution in [-0.2, 0) is 27.6 Å². The molecule has 0 radical (unpaired) electrons. The molecular formula is C26H35N3O4S. The third kappa shape index (κ3) is 4.93. The minimum atomic E-state index is -2.85. The first-order valence-electron chi connectivity index (χ1n) is 12.7. The summed E-state index contributed by atoms with van der Waals surface area (Å²) < 4.78 is 23.6. The number of amides is 2. The molecule has 34 heavy (non-hydrogen) atoms. The molecule has 7 nitrogen and oxygen atoms in total. The Morgan fingerprint density at radius 3 is 2.59 bits per heavy atom. The Kier molecular flexibility index (Phi) is 6.55. The monoisotopic (exact) mass is 485 g/mol. The van der Waals surface area contributed by atoms with Crippen LogP contribution in [0.3, 0.4) is 0 Å². The van der Waals surface area contributed by atoms with Gasteiger partial charge in [0, 0.05) is 29.9 Å². The van der Waals surface area contributed by atoms with Gasteiger partial charge in [-0.15, -0.1) is 0 Å². The van der Waals surface area contributed by atoms with Crippen LogP contribution in [-0.4, -0.2) is 54.8 Å². The lowest BCUT2D eigenvalue weighted by atomic mass is 9.80. The zero-order valence-corrected chi connectivity index (χ0v) is 20.5. The van der Waals surface area contributed by atoms with Gasteiger partial charge in [-0.2, -0.15) is 0 Å². The van der Waals surface area contributed by atoms with Crippen LogP contribution in [0.25, 0.3) is 0 Å². The van der Waals surface area contributed by atoms with Gasteiger partial charge >= 0.3 is 0 Å². The normalized spacial score (nSPS) is 29.7. The highest BCUT2D eigenvalue weighted by atomic mass is 32.2. The van der Waals surface area contributed by atoms with Gasteiger partial charge in [0.2, 0.25) is 5.91 Å². The van der Waals surface area contributed by atoms with Gasteiger partial charge < -0.3 is 15.5 Å². The van der Waals surface area contributed by atoms with Crippen LogP contribution in [0.15, 0.2) is 30.5 Å². The summed E-state index contributed by atoms with van der Waals surface area (Å²) in [6, 6.07) is 6.43. The number of hydrogen-bond donors (Lipinski definition) is 2. The highest BCUT2D eigenvalue weighted by Crippen LogP contribution is 2.32. The smallest absolute Gasteiger partial charge is 0.255 e. The van der Waals surface area contributed by atoms with E-state index in [4.69, 9.17) is 0 Å². The first kappa shape index (κ1) is 23.5. The maximum absolute atomic E-state index is 13.0. The number of nitrogens with one attached hydrogen (secondary N) is 2. The van der Waals surface area contributed by atoms with Crippen LogP contribution in [0, 0.1) is 5.92 Å². The molecule has 184 valence electrons. The van der Waals surface area contributed by atoms with Gasteiger partial charge in [0.25, 0.3) is 5.91 Å². The van der Waals surface area contributed by atoms with Crippen molar-refractivity contribution in [2.24, 2.45) is 5.92 Å². The molecule has 8 heteroatoms. The summed E-state index contributed by atoms with van der Waals surface area (Å²) in [5.41, 5.74) is 3.68. The molecule has 2 N–H and O–H groups in total. The molecule has 3 heterocycles. The van der Waals surface area contributed by atoms with Gasteiger partial charge in [-0.1, -0.05) is 31.6 Å². The number of fused-ring (bicyclic) bond motifs is 1. The topological polar surface area (TPSA) is 95.6 Å². The molecule has 2 amide bonds. The average molecular weight is 486 g/mol. The fourth-order valence-corrected chi connectivity index (χ4v) is 7.66. The molecule has 1 saturated carbocycles. The predicted molar refractivity (Wildman–Crippen MR) is 131 cm³/mol. The first-order valence-corrected chi connectivity index (χ1v) is 14.5. The molecule has 3 fully saturated rings. The van der Waals surface area contributed by atoms with Gasteiger partial charge in [0.1, 0.15) is 15.9 Å². The summed E-state index contributed by atoms with van der Waals surface area (Å²) in [6.45, 7) is 4.31. The lowest BCUT2D eigenvalue weighted by Crippen LogP contribution is -2.49. The number of benzene rings is 1. The fraction of sp³-hybridized carbons (Fsp3) is 0.615. The van der Waals surface area contributed by atoms with Crippen LogP contribution in [0.1, 0.15) is 72.9 Å². The van der Waals surface area contributed by atoms with Gasteiger partial charge in [0.15, 0.2) is 0 Å². The Balaban J connectivity index is 1.24. The lowest BCUT2D eigenvalue weighted by Gasteiger charge is -2.36. The molecule has 1 aromatic carbocycles. The third-order valence-corrected chi connectivity index (χ3v) is 9.83. The number of rotatable bonds is 5. The molecule has 3 atom stereocenters. The van der Waals surface area contributed by atoms with E-state index in [9.17, 15) is 18.0 Å². The second kappa shape index (κ2) is 9.46. The van der Waals surface area contributed by atoms with E-state index in [1.165, 1.54) is 18.4 Å². The summed E-state index contributed by atoms with van der Waals surface area (Å²) >= 11 is 0. The number of carbonyl (C=O) groups is 2. The maximum Gasteiger partial charge on any atom is 0.255 e. The van der Waals surface area contributed by atoms with Crippen molar-refractivity contribution >= 4 is 21.7 Å². The van der Waals surface area contributed by atoms with Gasteiger partial charge in [0.05, 0.1) is 11.5 Å². The minimum Gasteiger partial charge on any atom is -0.329 e. The molecule has 4 aliphatic rings. The summed E-state index contributed by atoms with van der Waals surface area (Å²) in [5, 5.41) is 6.60. The second-order valence-corrected chi connectivity index (χ2v) is 12.8. The summed E-state index contributed by atoms with van der Waals surface area (Å²) in [5.74, 6) is 0.909. The van der Waals surface area contributed by atoms with Crippen LogP contribution >= 0.6 is 0 Å². The van der Waals surface area contributed by atoms with E-state index >= 15 is 0 Å². The molecule has 1 aliphatic carbocycles. The van der Waals surface area contributed by atoms with Crippen molar-refractivity contribution in [2.45, 2.75) is 82.5 Å². The molecule has 5 rings (SSSR count). The Hall–Kier alpha value is -2.19. The number of allylic oxidation sites excluding steroid dienone is 1. The molecule has 0 aromatic heterocycles. The second-order valence-electron chi connectivity index (χ2n) is 10.5. The molecule has 2 saturated heterocycles. The van der Waals surface area contributed by atoms with Crippen LogP contribution in [0.2, 0.25) is 0 Å². The van der Waals surface area contributed by atoms with Gasteiger partial charge in [-0.3, -0.25) is 9.59 Å². The van der Waals surface area contributed by atoms with Crippen molar-refractivity contribution in [1.29, 1.82) is 0 Å². The quantitative estimate of drug-likeness (QED) is 0.669. The van der Waals surface area contributed by atoms with Crippen LogP contribution in [0.5, 0.6) is 0 Å². The summed E-state index contributed by atoms with van der Waals surface area (Å²) in [6.07, 6.45) is 8.43. The largest absolute Gasteiger partial charge is 0.329 e. The highest BCUT2D eigenvalue weighted by Gasteiger charge is 2.38. The van der Waals surface area contributed by atoms with Gasteiger partial charge in [-0.25, -0.2) is 8.42 Å².